The van der Waals surface area contributed by atoms with Crippen molar-refractivity contribution in [2.45, 2.75) is 46.8 Å². The molecular weight excluding hydrogens is 430 g/mol. The minimum Gasteiger partial charge on any atom is -0.350 e. The second kappa shape index (κ2) is 9.13. The number of hydrogen-bond acceptors (Lipinski definition) is 4. The summed E-state index contributed by atoms with van der Waals surface area (Å²) in [4.78, 5) is 39.5. The van der Waals surface area contributed by atoms with Gasteiger partial charge >= 0.3 is 5.69 Å². The molecule has 8 heteroatoms. The first-order chi connectivity index (χ1) is 16.2. The summed E-state index contributed by atoms with van der Waals surface area (Å²) in [5, 5.41) is 7.76. The third-order valence-corrected chi connectivity index (χ3v) is 5.56. The topological polar surface area (TPSA) is 90.4 Å². The van der Waals surface area contributed by atoms with Crippen LogP contribution >= 0.6 is 0 Å². The highest BCUT2D eigenvalue weighted by Crippen LogP contribution is 2.16. The SMILES string of the molecule is C=Cc1ccc(Cn2nc3n(CC(C)C)c(=O)c4ccc(C(=O)NC(C)C)cc4n3c2=O)cc1. The third kappa shape index (κ3) is 4.31. The molecule has 0 fully saturated rings. The second-order valence-electron chi connectivity index (χ2n) is 9.19. The summed E-state index contributed by atoms with van der Waals surface area (Å²) in [6.07, 6.45) is 1.75. The summed E-state index contributed by atoms with van der Waals surface area (Å²) in [6.45, 7) is 12.2. The van der Waals surface area contributed by atoms with E-state index in [-0.39, 0.29) is 41.4 Å². The molecular formula is C26H29N5O3. The van der Waals surface area contributed by atoms with Crippen molar-refractivity contribution < 1.29 is 4.79 Å². The number of carbonyl (C=O) groups excluding carboxylic acids is 1. The van der Waals surface area contributed by atoms with Crippen LogP contribution in [0.2, 0.25) is 0 Å². The van der Waals surface area contributed by atoms with E-state index in [0.29, 0.717) is 23.0 Å². The van der Waals surface area contributed by atoms with Crippen LogP contribution in [0.1, 0.15) is 49.2 Å². The maximum Gasteiger partial charge on any atom is 0.352 e. The van der Waals surface area contributed by atoms with E-state index in [9.17, 15) is 14.4 Å². The highest BCUT2D eigenvalue weighted by atomic mass is 16.2. The first-order valence-electron chi connectivity index (χ1n) is 11.4. The summed E-state index contributed by atoms with van der Waals surface area (Å²) in [7, 11) is 0. The molecule has 2 heterocycles. The van der Waals surface area contributed by atoms with Gasteiger partial charge in [0.25, 0.3) is 11.5 Å². The highest BCUT2D eigenvalue weighted by Gasteiger charge is 2.20. The number of carbonyl (C=O) groups is 1. The average molecular weight is 460 g/mol. The maximum atomic E-state index is 13.5. The van der Waals surface area contributed by atoms with E-state index in [4.69, 9.17) is 0 Å². The van der Waals surface area contributed by atoms with Crippen LogP contribution in [0.5, 0.6) is 0 Å². The fourth-order valence-corrected chi connectivity index (χ4v) is 3.97. The molecule has 8 nitrogen and oxygen atoms in total. The van der Waals surface area contributed by atoms with Gasteiger partial charge in [0.1, 0.15) is 0 Å². The molecule has 0 aliphatic rings. The summed E-state index contributed by atoms with van der Waals surface area (Å²) >= 11 is 0. The number of nitrogens with zero attached hydrogens (tertiary/aromatic N) is 4. The zero-order valence-corrected chi connectivity index (χ0v) is 19.9. The van der Waals surface area contributed by atoms with Crippen LogP contribution in [-0.2, 0) is 13.1 Å². The molecule has 0 saturated carbocycles. The lowest BCUT2D eigenvalue weighted by molar-refractivity contribution is 0.0943. The maximum absolute atomic E-state index is 13.5. The van der Waals surface area contributed by atoms with E-state index in [0.717, 1.165) is 11.1 Å². The summed E-state index contributed by atoms with van der Waals surface area (Å²) in [6, 6.07) is 12.5. The molecule has 0 atom stereocenters. The highest BCUT2D eigenvalue weighted by molar-refractivity contribution is 5.98. The Morgan fingerprint density at radius 3 is 2.41 bits per heavy atom. The van der Waals surface area contributed by atoms with E-state index in [1.807, 2.05) is 52.0 Å². The van der Waals surface area contributed by atoms with Gasteiger partial charge in [-0.15, -0.1) is 5.10 Å². The fraction of sp³-hybridized carbons (Fsp3) is 0.308. The van der Waals surface area contributed by atoms with Gasteiger partial charge < -0.3 is 5.32 Å². The van der Waals surface area contributed by atoms with Crippen molar-refractivity contribution in [2.75, 3.05) is 0 Å². The van der Waals surface area contributed by atoms with Crippen LogP contribution in [-0.4, -0.2) is 30.7 Å². The van der Waals surface area contributed by atoms with Crippen LogP contribution in [0, 0.1) is 5.92 Å². The Balaban J connectivity index is 1.95. The van der Waals surface area contributed by atoms with Crippen molar-refractivity contribution in [3.63, 3.8) is 0 Å². The molecule has 176 valence electrons. The van der Waals surface area contributed by atoms with Crippen molar-refractivity contribution in [3.8, 4) is 0 Å². The number of benzene rings is 2. The molecule has 0 spiro atoms. The Hall–Kier alpha value is -3.94. The Morgan fingerprint density at radius 1 is 1.09 bits per heavy atom. The van der Waals surface area contributed by atoms with Crippen LogP contribution in [0.15, 0.2) is 58.6 Å². The number of nitrogens with one attached hydrogen (secondary N) is 1. The van der Waals surface area contributed by atoms with Crippen LogP contribution in [0.4, 0.5) is 0 Å². The lowest BCUT2D eigenvalue weighted by atomic mass is 10.1. The number of fused-ring (bicyclic) bond motifs is 3. The molecule has 4 rings (SSSR count). The van der Waals surface area contributed by atoms with Crippen molar-refractivity contribution >= 4 is 28.7 Å². The summed E-state index contributed by atoms with van der Waals surface area (Å²) in [5.41, 5.74) is 2.02. The van der Waals surface area contributed by atoms with E-state index >= 15 is 0 Å². The largest absolute Gasteiger partial charge is 0.352 e. The molecule has 1 N–H and O–H groups in total. The van der Waals surface area contributed by atoms with Gasteiger partial charge in [-0.3, -0.25) is 14.2 Å². The first kappa shape index (κ1) is 23.2. The zero-order chi connectivity index (χ0) is 24.6. The minimum absolute atomic E-state index is 0.0415. The molecule has 1 amide bonds. The lowest BCUT2D eigenvalue weighted by Gasteiger charge is -2.13. The van der Waals surface area contributed by atoms with Gasteiger partial charge in [-0.25, -0.2) is 13.9 Å². The van der Waals surface area contributed by atoms with Crippen LogP contribution < -0.4 is 16.6 Å². The number of rotatable bonds is 7. The van der Waals surface area contributed by atoms with Gasteiger partial charge in [-0.2, -0.15) is 0 Å². The van der Waals surface area contributed by atoms with Crippen LogP contribution in [0.25, 0.3) is 22.8 Å². The van der Waals surface area contributed by atoms with Gasteiger partial charge in [0, 0.05) is 18.2 Å². The molecule has 34 heavy (non-hydrogen) atoms. The fourth-order valence-electron chi connectivity index (χ4n) is 3.97. The number of hydrogen-bond donors (Lipinski definition) is 1. The molecule has 0 bridgehead atoms. The first-order valence-corrected chi connectivity index (χ1v) is 11.4. The molecule has 0 saturated heterocycles. The van der Waals surface area contributed by atoms with Gasteiger partial charge in [0.05, 0.1) is 17.4 Å². The standard InChI is InChI=1S/C26H29N5O3/c1-6-18-7-9-19(10-8-18)15-30-26(34)31-22-13-20(23(32)27-17(4)5)11-12-21(22)24(33)29(14-16(2)3)25(31)28-30/h6-13,16-17H,1,14-15H2,2-5H3,(H,27,32). The molecule has 0 radical (unpaired) electrons. The van der Waals surface area contributed by atoms with Crippen LogP contribution in [0.3, 0.4) is 0 Å². The number of amides is 1. The second-order valence-corrected chi connectivity index (χ2v) is 9.19. The van der Waals surface area contributed by atoms with Gasteiger partial charge in [0.15, 0.2) is 0 Å². The summed E-state index contributed by atoms with van der Waals surface area (Å²) in [5.74, 6) is 0.168. The van der Waals surface area contributed by atoms with Gasteiger partial charge in [-0.05, 0) is 49.1 Å². The Kier molecular flexibility index (Phi) is 6.24. The van der Waals surface area contributed by atoms with E-state index < -0.39 is 0 Å². The van der Waals surface area contributed by atoms with Crippen molar-refractivity contribution in [1.29, 1.82) is 0 Å². The Morgan fingerprint density at radius 2 is 1.79 bits per heavy atom. The molecule has 2 aromatic heterocycles. The van der Waals surface area contributed by atoms with E-state index in [1.54, 1.807) is 28.8 Å². The molecule has 4 aromatic rings. The molecule has 0 unspecified atom stereocenters. The normalized spacial score (nSPS) is 11.6. The Bertz CT molecular complexity index is 1500. The Labute approximate surface area is 197 Å². The van der Waals surface area contributed by atoms with Crippen molar-refractivity contribution in [1.82, 2.24) is 24.1 Å². The quantitative estimate of drug-likeness (QED) is 0.459. The van der Waals surface area contributed by atoms with Crippen molar-refractivity contribution in [2.24, 2.45) is 5.92 Å². The van der Waals surface area contributed by atoms with Crippen molar-refractivity contribution in [3.05, 3.63) is 86.6 Å². The predicted molar refractivity (Wildman–Crippen MR) is 134 cm³/mol. The molecule has 0 aliphatic heterocycles. The van der Waals surface area contributed by atoms with E-state index in [1.165, 1.54) is 9.08 Å². The monoisotopic (exact) mass is 459 g/mol. The molecule has 2 aromatic carbocycles. The predicted octanol–water partition coefficient (Wildman–Crippen LogP) is 3.30. The van der Waals surface area contributed by atoms with Gasteiger partial charge in [-0.1, -0.05) is 50.8 Å². The lowest BCUT2D eigenvalue weighted by Crippen LogP contribution is -2.31. The average Bonchev–Trinajstić information content (AvgIpc) is 3.12. The minimum atomic E-state index is -0.369. The smallest absolute Gasteiger partial charge is 0.350 e. The molecule has 0 aliphatic carbocycles. The van der Waals surface area contributed by atoms with Gasteiger partial charge in [0.2, 0.25) is 5.78 Å². The number of aromatic nitrogens is 4. The van der Waals surface area contributed by atoms with E-state index in [2.05, 4.69) is 17.0 Å². The third-order valence-electron chi connectivity index (χ3n) is 5.56. The zero-order valence-electron chi connectivity index (χ0n) is 19.9. The summed E-state index contributed by atoms with van der Waals surface area (Å²) < 4.78 is 4.33.